The highest BCUT2D eigenvalue weighted by Gasteiger charge is 2.32. The number of nitrogens with one attached hydrogen (secondary N) is 1. The highest BCUT2D eigenvalue weighted by molar-refractivity contribution is 9.10. The lowest BCUT2D eigenvalue weighted by Gasteiger charge is -2.32. The molecule has 0 saturated heterocycles. The van der Waals surface area contributed by atoms with E-state index in [9.17, 15) is 18.0 Å². The van der Waals surface area contributed by atoms with Gasteiger partial charge in [-0.25, -0.2) is 8.42 Å². The summed E-state index contributed by atoms with van der Waals surface area (Å²) in [4.78, 5) is 28.0. The predicted molar refractivity (Wildman–Crippen MR) is 145 cm³/mol. The van der Waals surface area contributed by atoms with Gasteiger partial charge in [-0.1, -0.05) is 58.4 Å². The molecule has 0 spiro atoms. The molecule has 9 heteroatoms. The minimum absolute atomic E-state index is 0.0784. The molecule has 3 aromatic rings. The van der Waals surface area contributed by atoms with Crippen LogP contribution in [-0.2, 0) is 26.2 Å². The first-order valence-corrected chi connectivity index (χ1v) is 13.8. The lowest BCUT2D eigenvalue weighted by molar-refractivity contribution is -0.139. The van der Waals surface area contributed by atoms with Gasteiger partial charge in [-0.15, -0.1) is 0 Å². The van der Waals surface area contributed by atoms with Gasteiger partial charge in [0.05, 0.1) is 10.6 Å². The fourth-order valence-corrected chi connectivity index (χ4v) is 5.64. The summed E-state index contributed by atoms with van der Waals surface area (Å²) >= 11 is 3.44. The Bertz CT molecular complexity index is 1320. The second-order valence-electron chi connectivity index (χ2n) is 8.39. The average Bonchev–Trinajstić information content (AvgIpc) is 2.86. The largest absolute Gasteiger partial charge is 0.355 e. The van der Waals surface area contributed by atoms with E-state index in [1.165, 1.54) is 17.0 Å². The number of halogens is 1. The Morgan fingerprint density at radius 3 is 2.31 bits per heavy atom. The first-order chi connectivity index (χ1) is 17.1. The maximum absolute atomic E-state index is 13.8. The first-order valence-electron chi connectivity index (χ1n) is 11.6. The van der Waals surface area contributed by atoms with Crippen molar-refractivity contribution in [2.24, 2.45) is 0 Å². The van der Waals surface area contributed by atoms with Crippen LogP contribution in [0.5, 0.6) is 0 Å². The predicted octanol–water partition coefficient (Wildman–Crippen LogP) is 4.51. The van der Waals surface area contributed by atoms with Crippen LogP contribution in [0.15, 0.2) is 88.2 Å². The summed E-state index contributed by atoms with van der Waals surface area (Å²) in [5.74, 6) is -0.802. The molecule has 1 N–H and O–H groups in total. The zero-order valence-electron chi connectivity index (χ0n) is 20.5. The van der Waals surface area contributed by atoms with Crippen molar-refractivity contribution in [3.63, 3.8) is 0 Å². The van der Waals surface area contributed by atoms with Crippen molar-refractivity contribution < 1.29 is 18.0 Å². The standard InChI is InChI=1S/C27H30BrN3O4S/c1-4-29-27(33)21(3)30(18-22-11-9-12-23(28)17-22)26(32)19-31(24-13-8-10-20(2)16-24)36(34,35)25-14-6-5-7-15-25/h5-17,21H,4,18-19H2,1-3H3,(H,29,33)/t21-/m1/s1. The summed E-state index contributed by atoms with van der Waals surface area (Å²) in [6.45, 7) is 5.40. The van der Waals surface area contributed by atoms with Crippen LogP contribution in [0.2, 0.25) is 0 Å². The number of likely N-dealkylation sites (N-methyl/N-ethyl adjacent to an activating group) is 1. The van der Waals surface area contributed by atoms with E-state index < -0.39 is 28.5 Å². The van der Waals surface area contributed by atoms with Gasteiger partial charge in [0.2, 0.25) is 11.8 Å². The van der Waals surface area contributed by atoms with Crippen molar-refractivity contribution >= 4 is 43.5 Å². The minimum Gasteiger partial charge on any atom is -0.355 e. The maximum Gasteiger partial charge on any atom is 0.264 e. The van der Waals surface area contributed by atoms with E-state index in [1.807, 2.05) is 37.3 Å². The Hall–Kier alpha value is -3.17. The number of anilines is 1. The Balaban J connectivity index is 2.02. The molecule has 0 aliphatic carbocycles. The molecule has 0 aromatic heterocycles. The van der Waals surface area contributed by atoms with Gasteiger partial charge >= 0.3 is 0 Å². The molecular formula is C27H30BrN3O4S. The number of aryl methyl sites for hydroxylation is 1. The first kappa shape index (κ1) is 27.4. The van der Waals surface area contributed by atoms with Gasteiger partial charge in [-0.05, 0) is 68.3 Å². The molecule has 1 atom stereocenters. The fourth-order valence-electron chi connectivity index (χ4n) is 3.77. The van der Waals surface area contributed by atoms with Gasteiger partial charge in [0.1, 0.15) is 12.6 Å². The molecule has 0 aliphatic heterocycles. The van der Waals surface area contributed by atoms with E-state index >= 15 is 0 Å². The molecule has 0 heterocycles. The van der Waals surface area contributed by atoms with Crippen LogP contribution in [0, 0.1) is 6.92 Å². The second kappa shape index (κ2) is 12.2. The topological polar surface area (TPSA) is 86.8 Å². The highest BCUT2D eigenvalue weighted by atomic mass is 79.9. The van der Waals surface area contributed by atoms with Crippen LogP contribution in [0.3, 0.4) is 0 Å². The third kappa shape index (κ3) is 6.73. The maximum atomic E-state index is 13.8. The summed E-state index contributed by atoms with van der Waals surface area (Å²) in [5.41, 5.74) is 2.04. The number of hydrogen-bond donors (Lipinski definition) is 1. The summed E-state index contributed by atoms with van der Waals surface area (Å²) in [6.07, 6.45) is 0. The third-order valence-electron chi connectivity index (χ3n) is 5.66. The molecule has 0 bridgehead atoms. The SMILES string of the molecule is CCNC(=O)[C@@H](C)N(Cc1cccc(Br)c1)C(=O)CN(c1cccc(C)c1)S(=O)(=O)c1ccccc1. The highest BCUT2D eigenvalue weighted by Crippen LogP contribution is 2.25. The molecule has 0 saturated carbocycles. The van der Waals surface area contributed by atoms with Gasteiger partial charge < -0.3 is 10.2 Å². The second-order valence-corrected chi connectivity index (χ2v) is 11.2. The third-order valence-corrected chi connectivity index (χ3v) is 7.94. The lowest BCUT2D eigenvalue weighted by atomic mass is 10.1. The Labute approximate surface area is 221 Å². The van der Waals surface area contributed by atoms with E-state index in [2.05, 4.69) is 21.2 Å². The van der Waals surface area contributed by atoms with Crippen LogP contribution in [0.4, 0.5) is 5.69 Å². The molecule has 2 amide bonds. The molecule has 36 heavy (non-hydrogen) atoms. The molecule has 3 aromatic carbocycles. The summed E-state index contributed by atoms with van der Waals surface area (Å²) in [5, 5.41) is 2.75. The van der Waals surface area contributed by atoms with Crippen LogP contribution in [0.25, 0.3) is 0 Å². The van der Waals surface area contributed by atoms with Crippen molar-refractivity contribution in [1.82, 2.24) is 10.2 Å². The monoisotopic (exact) mass is 571 g/mol. The number of carbonyl (C=O) groups is 2. The number of carbonyl (C=O) groups excluding carboxylic acids is 2. The molecule has 7 nitrogen and oxygen atoms in total. The zero-order valence-corrected chi connectivity index (χ0v) is 22.9. The van der Waals surface area contributed by atoms with Gasteiger partial charge in [-0.3, -0.25) is 13.9 Å². The molecule has 190 valence electrons. The van der Waals surface area contributed by atoms with Crippen LogP contribution in [-0.4, -0.2) is 44.3 Å². The van der Waals surface area contributed by atoms with Crippen molar-refractivity contribution in [2.75, 3.05) is 17.4 Å². The van der Waals surface area contributed by atoms with Gasteiger partial charge in [0.25, 0.3) is 10.0 Å². The molecule has 0 unspecified atom stereocenters. The normalized spacial score (nSPS) is 12.0. The average molecular weight is 573 g/mol. The van der Waals surface area contributed by atoms with Crippen molar-refractivity contribution in [3.05, 3.63) is 94.5 Å². The van der Waals surface area contributed by atoms with Crippen LogP contribution in [0.1, 0.15) is 25.0 Å². The quantitative estimate of drug-likeness (QED) is 0.388. The van der Waals surface area contributed by atoms with Crippen molar-refractivity contribution in [1.29, 1.82) is 0 Å². The van der Waals surface area contributed by atoms with Gasteiger partial charge in [-0.2, -0.15) is 0 Å². The van der Waals surface area contributed by atoms with E-state index in [-0.39, 0.29) is 17.3 Å². The Morgan fingerprint density at radius 1 is 0.972 bits per heavy atom. The molecule has 3 rings (SSSR count). The van der Waals surface area contributed by atoms with Gasteiger partial charge in [0.15, 0.2) is 0 Å². The fraction of sp³-hybridized carbons (Fsp3) is 0.259. The van der Waals surface area contributed by atoms with E-state index in [0.717, 1.165) is 19.9 Å². The zero-order chi connectivity index (χ0) is 26.3. The Morgan fingerprint density at radius 2 is 1.67 bits per heavy atom. The number of hydrogen-bond acceptors (Lipinski definition) is 4. The van der Waals surface area contributed by atoms with Gasteiger partial charge in [0, 0.05) is 17.6 Å². The molecule has 0 radical (unpaired) electrons. The Kier molecular flexibility index (Phi) is 9.28. The number of nitrogens with zero attached hydrogens (tertiary/aromatic N) is 2. The van der Waals surface area contributed by atoms with E-state index in [4.69, 9.17) is 0 Å². The smallest absolute Gasteiger partial charge is 0.264 e. The van der Waals surface area contributed by atoms with E-state index in [0.29, 0.717) is 12.2 Å². The summed E-state index contributed by atoms with van der Waals surface area (Å²) in [6, 6.07) is 21.6. The number of rotatable bonds is 10. The number of amides is 2. The number of benzene rings is 3. The molecular weight excluding hydrogens is 542 g/mol. The van der Waals surface area contributed by atoms with Crippen molar-refractivity contribution in [3.8, 4) is 0 Å². The van der Waals surface area contributed by atoms with Crippen LogP contribution >= 0.6 is 15.9 Å². The molecule has 0 aliphatic rings. The number of sulfonamides is 1. The van der Waals surface area contributed by atoms with Crippen molar-refractivity contribution in [2.45, 2.75) is 38.3 Å². The molecule has 0 fully saturated rings. The summed E-state index contributed by atoms with van der Waals surface area (Å²) in [7, 11) is -4.06. The summed E-state index contributed by atoms with van der Waals surface area (Å²) < 4.78 is 29.3. The lowest BCUT2D eigenvalue weighted by Crippen LogP contribution is -2.51. The van der Waals surface area contributed by atoms with Crippen LogP contribution < -0.4 is 9.62 Å². The van der Waals surface area contributed by atoms with E-state index in [1.54, 1.807) is 50.2 Å². The minimum atomic E-state index is -4.06.